The summed E-state index contributed by atoms with van der Waals surface area (Å²) < 4.78 is 7.57. The van der Waals surface area contributed by atoms with Gasteiger partial charge in [0, 0.05) is 17.8 Å². The standard InChI is InChI=1S/C16H18N2O5/c1-2-10-13-15(20)18-8-3-4-9(5-8)23-12(18)7-17(13)6-11(14(10)19)16(21)22/h6,8-9,12H,2-5,7H2,1H3,(H,21,22)/t8-,9+,12+/m1/s1. The second-order valence-electron chi connectivity index (χ2n) is 6.40. The molecule has 7 heteroatoms. The molecule has 1 aromatic heterocycles. The molecule has 122 valence electrons. The van der Waals surface area contributed by atoms with Crippen molar-refractivity contribution in [3.05, 3.63) is 33.2 Å². The number of carboxylic acid groups (broad SMARTS) is 1. The molecule has 1 saturated heterocycles. The van der Waals surface area contributed by atoms with Crippen molar-refractivity contribution in [3.63, 3.8) is 0 Å². The van der Waals surface area contributed by atoms with Gasteiger partial charge >= 0.3 is 5.97 Å². The van der Waals surface area contributed by atoms with E-state index in [2.05, 4.69) is 0 Å². The molecule has 0 aromatic carbocycles. The van der Waals surface area contributed by atoms with Crippen LogP contribution in [0.1, 0.15) is 52.6 Å². The third kappa shape index (κ3) is 1.96. The zero-order valence-corrected chi connectivity index (χ0v) is 12.8. The number of hydrogen-bond acceptors (Lipinski definition) is 4. The molecule has 4 rings (SSSR count). The molecule has 7 nitrogen and oxygen atoms in total. The predicted octanol–water partition coefficient (Wildman–Crippen LogP) is 0.842. The van der Waals surface area contributed by atoms with Crippen molar-refractivity contribution in [3.8, 4) is 0 Å². The molecule has 1 aromatic rings. The maximum absolute atomic E-state index is 13.0. The number of carbonyl (C=O) groups is 2. The Hall–Kier alpha value is -2.15. The van der Waals surface area contributed by atoms with E-state index in [-0.39, 0.29) is 35.4 Å². The highest BCUT2D eigenvalue weighted by molar-refractivity contribution is 5.96. The predicted molar refractivity (Wildman–Crippen MR) is 79.5 cm³/mol. The first-order valence-electron chi connectivity index (χ1n) is 7.99. The molecule has 0 spiro atoms. The van der Waals surface area contributed by atoms with Crippen molar-refractivity contribution in [1.29, 1.82) is 0 Å². The van der Waals surface area contributed by atoms with E-state index in [1.54, 1.807) is 16.4 Å². The van der Waals surface area contributed by atoms with Gasteiger partial charge in [0.1, 0.15) is 11.3 Å². The van der Waals surface area contributed by atoms with E-state index in [9.17, 15) is 19.5 Å². The van der Waals surface area contributed by atoms with Gasteiger partial charge in [0.15, 0.2) is 11.7 Å². The van der Waals surface area contributed by atoms with Crippen molar-refractivity contribution in [1.82, 2.24) is 9.47 Å². The van der Waals surface area contributed by atoms with Gasteiger partial charge in [-0.15, -0.1) is 0 Å². The molecule has 0 unspecified atom stereocenters. The van der Waals surface area contributed by atoms with Crippen molar-refractivity contribution in [2.45, 2.75) is 57.5 Å². The van der Waals surface area contributed by atoms with Gasteiger partial charge in [-0.3, -0.25) is 9.59 Å². The fourth-order valence-corrected chi connectivity index (χ4v) is 4.13. The van der Waals surface area contributed by atoms with Gasteiger partial charge in [0.25, 0.3) is 5.91 Å². The quantitative estimate of drug-likeness (QED) is 0.873. The first kappa shape index (κ1) is 14.4. The molecule has 23 heavy (non-hydrogen) atoms. The van der Waals surface area contributed by atoms with Crippen molar-refractivity contribution >= 4 is 11.9 Å². The summed E-state index contributed by atoms with van der Waals surface area (Å²) >= 11 is 0. The van der Waals surface area contributed by atoms with E-state index < -0.39 is 11.4 Å². The van der Waals surface area contributed by atoms with Gasteiger partial charge in [0.2, 0.25) is 0 Å². The lowest BCUT2D eigenvalue weighted by Crippen LogP contribution is -2.57. The first-order valence-corrected chi connectivity index (χ1v) is 7.99. The highest BCUT2D eigenvalue weighted by Gasteiger charge is 2.47. The monoisotopic (exact) mass is 318 g/mol. The molecule has 2 bridgehead atoms. The van der Waals surface area contributed by atoms with E-state index in [1.165, 1.54) is 6.20 Å². The molecule has 1 amide bonds. The summed E-state index contributed by atoms with van der Waals surface area (Å²) in [7, 11) is 0. The van der Waals surface area contributed by atoms with Crippen LogP contribution in [0.5, 0.6) is 0 Å². The molecule has 1 aliphatic carbocycles. The first-order chi connectivity index (χ1) is 11.0. The van der Waals surface area contributed by atoms with Crippen LogP contribution in [0.4, 0.5) is 0 Å². The summed E-state index contributed by atoms with van der Waals surface area (Å²) in [6, 6.07) is 0.166. The van der Waals surface area contributed by atoms with Crippen LogP contribution in [0.3, 0.4) is 0 Å². The number of amides is 1. The molecule has 0 radical (unpaired) electrons. The minimum atomic E-state index is -1.26. The maximum atomic E-state index is 13.0. The van der Waals surface area contributed by atoms with Crippen LogP contribution in [0.2, 0.25) is 0 Å². The zero-order valence-electron chi connectivity index (χ0n) is 12.8. The summed E-state index contributed by atoms with van der Waals surface area (Å²) in [6.07, 6.45) is 4.14. The fraction of sp³-hybridized carbons (Fsp3) is 0.562. The molecule has 1 N–H and O–H groups in total. The van der Waals surface area contributed by atoms with Crippen LogP contribution in [0.15, 0.2) is 11.0 Å². The number of hydrogen-bond donors (Lipinski definition) is 1. The van der Waals surface area contributed by atoms with Crippen LogP contribution in [0, 0.1) is 0 Å². The second kappa shape index (κ2) is 4.92. The van der Waals surface area contributed by atoms with Gasteiger partial charge in [0.05, 0.1) is 12.6 Å². The number of ether oxygens (including phenoxy) is 1. The number of aromatic nitrogens is 1. The summed E-state index contributed by atoms with van der Waals surface area (Å²) in [6.45, 7) is 2.14. The van der Waals surface area contributed by atoms with Crippen LogP contribution < -0.4 is 5.43 Å². The zero-order chi connectivity index (χ0) is 16.3. The normalized spacial score (nSPS) is 28.5. The Kier molecular flexibility index (Phi) is 3.09. The minimum absolute atomic E-state index is 0.166. The van der Waals surface area contributed by atoms with Gasteiger partial charge in [-0.05, 0) is 25.7 Å². The maximum Gasteiger partial charge on any atom is 0.341 e. The van der Waals surface area contributed by atoms with E-state index in [4.69, 9.17) is 4.74 Å². The molecule has 3 heterocycles. The summed E-state index contributed by atoms with van der Waals surface area (Å²) in [5.41, 5.74) is -0.230. The highest BCUT2D eigenvalue weighted by atomic mass is 16.5. The number of aromatic carboxylic acids is 1. The van der Waals surface area contributed by atoms with Crippen molar-refractivity contribution in [2.24, 2.45) is 0 Å². The number of rotatable bonds is 2. The Morgan fingerprint density at radius 3 is 2.87 bits per heavy atom. The topological polar surface area (TPSA) is 88.8 Å². The lowest BCUT2D eigenvalue weighted by Gasteiger charge is -2.44. The van der Waals surface area contributed by atoms with Crippen LogP contribution in [-0.2, 0) is 17.7 Å². The Morgan fingerprint density at radius 2 is 2.17 bits per heavy atom. The molecular weight excluding hydrogens is 300 g/mol. The number of pyridine rings is 1. The number of carboxylic acids is 1. The molecule has 3 atom stereocenters. The molecular formula is C16H18N2O5. The minimum Gasteiger partial charge on any atom is -0.477 e. The van der Waals surface area contributed by atoms with Gasteiger partial charge < -0.3 is 19.3 Å². The number of carbonyl (C=O) groups excluding carboxylic acids is 1. The average Bonchev–Trinajstić information content (AvgIpc) is 2.88. The Balaban J connectivity index is 1.89. The van der Waals surface area contributed by atoms with Gasteiger partial charge in [-0.1, -0.05) is 6.92 Å². The average molecular weight is 318 g/mol. The Labute approximate surface area is 132 Å². The SMILES string of the molecule is CCc1c2n(cc(C(=O)O)c1=O)C[C@@H]1O[C@H]3CC[C@H](C3)N1C2=O. The second-order valence-corrected chi connectivity index (χ2v) is 6.40. The number of nitrogens with zero attached hydrogens (tertiary/aromatic N) is 2. The lowest BCUT2D eigenvalue weighted by molar-refractivity contribution is -0.132. The van der Waals surface area contributed by atoms with Crippen molar-refractivity contribution in [2.75, 3.05) is 0 Å². The smallest absolute Gasteiger partial charge is 0.341 e. The van der Waals surface area contributed by atoms with Gasteiger partial charge in [-0.25, -0.2) is 4.79 Å². The third-order valence-electron chi connectivity index (χ3n) is 5.16. The van der Waals surface area contributed by atoms with E-state index in [0.29, 0.717) is 18.7 Å². The van der Waals surface area contributed by atoms with Gasteiger partial charge in [-0.2, -0.15) is 0 Å². The van der Waals surface area contributed by atoms with E-state index >= 15 is 0 Å². The summed E-state index contributed by atoms with van der Waals surface area (Å²) in [5.74, 6) is -1.48. The number of fused-ring (bicyclic) bond motifs is 5. The fourth-order valence-electron chi connectivity index (χ4n) is 4.13. The summed E-state index contributed by atoms with van der Waals surface area (Å²) in [4.78, 5) is 38.4. The third-order valence-corrected chi connectivity index (χ3v) is 5.16. The van der Waals surface area contributed by atoms with Crippen LogP contribution >= 0.6 is 0 Å². The highest BCUT2D eigenvalue weighted by Crippen LogP contribution is 2.38. The largest absolute Gasteiger partial charge is 0.477 e. The lowest BCUT2D eigenvalue weighted by atomic mass is 10.0. The van der Waals surface area contributed by atoms with E-state index in [0.717, 1.165) is 19.3 Å². The molecule has 3 aliphatic rings. The summed E-state index contributed by atoms with van der Waals surface area (Å²) in [5, 5.41) is 9.24. The molecule has 2 fully saturated rings. The van der Waals surface area contributed by atoms with Crippen LogP contribution in [-0.4, -0.2) is 44.8 Å². The van der Waals surface area contributed by atoms with Crippen molar-refractivity contribution < 1.29 is 19.4 Å². The molecule has 1 saturated carbocycles. The van der Waals surface area contributed by atoms with E-state index in [1.807, 2.05) is 0 Å². The molecule has 2 aliphatic heterocycles. The van der Waals surface area contributed by atoms with Crippen LogP contribution in [0.25, 0.3) is 0 Å². The Bertz CT molecular complexity index is 768. The Morgan fingerprint density at radius 1 is 1.39 bits per heavy atom.